The Balaban J connectivity index is 1.72. The molecule has 3 aromatic rings. The van der Waals surface area contributed by atoms with Gasteiger partial charge in [-0.3, -0.25) is 9.59 Å². The highest BCUT2D eigenvalue weighted by Gasteiger charge is 2.52. The largest absolute Gasteiger partial charge is 0.466 e. The van der Waals surface area contributed by atoms with Crippen LogP contribution in [0.15, 0.2) is 91.0 Å². The minimum absolute atomic E-state index is 0.0726. The summed E-state index contributed by atoms with van der Waals surface area (Å²) >= 11 is 0. The molecule has 0 bridgehead atoms. The van der Waals surface area contributed by atoms with E-state index in [1.165, 1.54) is 10.4 Å². The average molecular weight is 516 g/mol. The lowest BCUT2D eigenvalue weighted by Gasteiger charge is -2.43. The van der Waals surface area contributed by atoms with Crippen molar-refractivity contribution in [2.24, 2.45) is 5.92 Å². The molecular weight excluding hydrogens is 478 g/mol. The first kappa shape index (κ1) is 26.8. The zero-order valence-electron chi connectivity index (χ0n) is 22.1. The van der Waals surface area contributed by atoms with Crippen LogP contribution in [0.1, 0.15) is 45.6 Å². The van der Waals surface area contributed by atoms with Crippen LogP contribution >= 0.6 is 0 Å². The van der Waals surface area contributed by atoms with Gasteiger partial charge in [0.2, 0.25) is 5.91 Å². The molecule has 4 rings (SSSR count). The van der Waals surface area contributed by atoms with Crippen LogP contribution in [-0.2, 0) is 18.8 Å². The highest BCUT2D eigenvalue weighted by Crippen LogP contribution is 2.39. The summed E-state index contributed by atoms with van der Waals surface area (Å²) in [7, 11) is -2.79. The van der Waals surface area contributed by atoms with Gasteiger partial charge in [0.1, 0.15) is 0 Å². The molecule has 6 heteroatoms. The van der Waals surface area contributed by atoms with Crippen LogP contribution in [0.25, 0.3) is 0 Å². The van der Waals surface area contributed by atoms with E-state index < -0.39 is 14.2 Å². The molecule has 0 aliphatic carbocycles. The Kier molecular flexibility index (Phi) is 8.30. The molecule has 0 unspecified atom stereocenters. The number of carbonyl (C=O) groups is 2. The topological polar surface area (TPSA) is 64.6 Å². The van der Waals surface area contributed by atoms with Crippen LogP contribution in [0, 0.1) is 5.92 Å². The van der Waals surface area contributed by atoms with Gasteiger partial charge in [0, 0.05) is 5.92 Å². The number of hydrogen-bond acceptors (Lipinski definition) is 4. The SMILES string of the molecule is CCOC(=O)C[C@H]1[C@@H](c2ccccc2)C(=O)N[C@@H]1CO[Si](c1ccccc1)(c1ccccc1)C(C)(C)C. The first-order valence-electron chi connectivity index (χ1n) is 13.0. The van der Waals surface area contributed by atoms with Gasteiger partial charge in [-0.05, 0) is 27.9 Å². The molecule has 1 heterocycles. The van der Waals surface area contributed by atoms with Crippen molar-refractivity contribution in [1.82, 2.24) is 5.32 Å². The van der Waals surface area contributed by atoms with Gasteiger partial charge < -0.3 is 14.5 Å². The van der Waals surface area contributed by atoms with Gasteiger partial charge in [-0.25, -0.2) is 0 Å². The van der Waals surface area contributed by atoms with Crippen LogP contribution in [0.2, 0.25) is 5.04 Å². The van der Waals surface area contributed by atoms with Crippen molar-refractivity contribution >= 4 is 30.6 Å². The molecule has 1 aliphatic heterocycles. The van der Waals surface area contributed by atoms with E-state index in [-0.39, 0.29) is 35.3 Å². The molecule has 0 radical (unpaired) electrons. The van der Waals surface area contributed by atoms with E-state index >= 15 is 0 Å². The van der Waals surface area contributed by atoms with E-state index in [0.717, 1.165) is 5.56 Å². The third-order valence-electron chi connectivity index (χ3n) is 7.32. The maximum absolute atomic E-state index is 13.3. The van der Waals surface area contributed by atoms with E-state index in [4.69, 9.17) is 9.16 Å². The molecule has 1 saturated heterocycles. The number of carbonyl (C=O) groups excluding carboxylic acids is 2. The molecule has 3 atom stereocenters. The molecule has 1 aliphatic rings. The Hall–Kier alpha value is -3.22. The van der Waals surface area contributed by atoms with Crippen LogP contribution in [0.5, 0.6) is 0 Å². The molecule has 0 aromatic heterocycles. The summed E-state index contributed by atoms with van der Waals surface area (Å²) in [6.07, 6.45) is 0.154. The second-order valence-electron chi connectivity index (χ2n) is 10.7. The van der Waals surface area contributed by atoms with Crippen molar-refractivity contribution in [3.63, 3.8) is 0 Å². The Morgan fingerprint density at radius 1 is 0.865 bits per heavy atom. The molecule has 5 nitrogen and oxygen atoms in total. The highest BCUT2D eigenvalue weighted by atomic mass is 28.4. The summed E-state index contributed by atoms with van der Waals surface area (Å²) in [5, 5.41) is 5.35. The summed E-state index contributed by atoms with van der Waals surface area (Å²) in [6.45, 7) is 9.12. The second kappa shape index (κ2) is 11.4. The number of nitrogens with one attached hydrogen (secondary N) is 1. The van der Waals surface area contributed by atoms with Crippen LogP contribution in [0.4, 0.5) is 0 Å². The minimum Gasteiger partial charge on any atom is -0.466 e. The molecule has 0 spiro atoms. The van der Waals surface area contributed by atoms with Crippen LogP contribution in [-0.4, -0.2) is 39.4 Å². The van der Waals surface area contributed by atoms with Gasteiger partial charge in [-0.15, -0.1) is 0 Å². The summed E-state index contributed by atoms with van der Waals surface area (Å²) in [5.41, 5.74) is 0.905. The lowest BCUT2D eigenvalue weighted by atomic mass is 9.83. The fourth-order valence-corrected chi connectivity index (χ4v) is 10.3. The number of esters is 1. The van der Waals surface area contributed by atoms with Crippen molar-refractivity contribution < 1.29 is 18.8 Å². The van der Waals surface area contributed by atoms with Crippen LogP contribution < -0.4 is 15.7 Å². The number of rotatable bonds is 9. The Morgan fingerprint density at radius 3 is 1.86 bits per heavy atom. The normalized spacial score (nSPS) is 19.9. The first-order chi connectivity index (χ1) is 17.8. The molecule has 194 valence electrons. The lowest BCUT2D eigenvalue weighted by molar-refractivity contribution is -0.144. The van der Waals surface area contributed by atoms with Gasteiger partial charge in [0.15, 0.2) is 0 Å². The minimum atomic E-state index is -2.79. The van der Waals surface area contributed by atoms with E-state index in [0.29, 0.717) is 13.2 Å². The van der Waals surface area contributed by atoms with Crippen molar-refractivity contribution in [3.8, 4) is 0 Å². The fourth-order valence-electron chi connectivity index (χ4n) is 5.68. The standard InChI is InChI=1S/C31H37NO4Si/c1-5-35-28(33)21-26-27(32-30(34)29(26)23-15-9-6-10-16-23)22-36-37(31(2,3)4,24-17-11-7-12-18-24)25-19-13-8-14-20-25/h6-20,26-27,29H,5,21-22H2,1-4H3,(H,32,34)/t26-,27-,29-/m1/s1. The van der Waals surface area contributed by atoms with Crippen molar-refractivity contribution in [1.29, 1.82) is 0 Å². The third kappa shape index (κ3) is 5.55. The van der Waals surface area contributed by atoms with Crippen LogP contribution in [0.3, 0.4) is 0 Å². The van der Waals surface area contributed by atoms with E-state index in [9.17, 15) is 9.59 Å². The quantitative estimate of drug-likeness (QED) is 0.339. The number of benzene rings is 3. The smallest absolute Gasteiger partial charge is 0.306 e. The summed E-state index contributed by atoms with van der Waals surface area (Å²) in [6, 6.07) is 30.3. The van der Waals surface area contributed by atoms with Gasteiger partial charge in [-0.1, -0.05) is 112 Å². The molecule has 1 amide bonds. The summed E-state index contributed by atoms with van der Waals surface area (Å²) in [4.78, 5) is 25.9. The van der Waals surface area contributed by atoms with E-state index in [1.54, 1.807) is 6.92 Å². The lowest BCUT2D eigenvalue weighted by Crippen LogP contribution is -2.67. The summed E-state index contributed by atoms with van der Waals surface area (Å²) in [5.74, 6) is -1.07. The maximum atomic E-state index is 13.3. The number of amides is 1. The highest BCUT2D eigenvalue weighted by molar-refractivity contribution is 6.99. The molecule has 1 fully saturated rings. The predicted octanol–water partition coefficient (Wildman–Crippen LogP) is 4.41. The van der Waals surface area contributed by atoms with Crippen molar-refractivity contribution in [2.75, 3.05) is 13.2 Å². The number of hydrogen-bond donors (Lipinski definition) is 1. The average Bonchev–Trinajstić information content (AvgIpc) is 3.20. The van der Waals surface area contributed by atoms with Crippen molar-refractivity contribution in [2.45, 2.75) is 51.1 Å². The Bertz CT molecular complexity index is 1140. The first-order valence-corrected chi connectivity index (χ1v) is 14.9. The monoisotopic (exact) mass is 515 g/mol. The molecule has 0 saturated carbocycles. The maximum Gasteiger partial charge on any atom is 0.306 e. The van der Waals surface area contributed by atoms with Gasteiger partial charge >= 0.3 is 5.97 Å². The zero-order chi connectivity index (χ0) is 26.5. The second-order valence-corrected chi connectivity index (χ2v) is 15.0. The Morgan fingerprint density at radius 2 is 1.38 bits per heavy atom. The zero-order valence-corrected chi connectivity index (χ0v) is 23.1. The Labute approximate surface area is 221 Å². The molecule has 3 aromatic carbocycles. The van der Waals surface area contributed by atoms with E-state index in [1.807, 2.05) is 42.5 Å². The number of ether oxygens (including phenoxy) is 1. The van der Waals surface area contributed by atoms with Crippen molar-refractivity contribution in [3.05, 3.63) is 96.6 Å². The molecule has 37 heavy (non-hydrogen) atoms. The van der Waals surface area contributed by atoms with Gasteiger partial charge in [0.25, 0.3) is 8.32 Å². The van der Waals surface area contributed by atoms with Gasteiger partial charge in [-0.2, -0.15) is 0 Å². The third-order valence-corrected chi connectivity index (χ3v) is 12.3. The predicted molar refractivity (Wildman–Crippen MR) is 149 cm³/mol. The van der Waals surface area contributed by atoms with Gasteiger partial charge in [0.05, 0.1) is 31.6 Å². The van der Waals surface area contributed by atoms with E-state index in [2.05, 4.69) is 74.6 Å². The fraction of sp³-hybridized carbons (Fsp3) is 0.355. The summed E-state index contributed by atoms with van der Waals surface area (Å²) < 4.78 is 12.4. The molecular formula is C31H37NO4Si. The molecule has 1 N–H and O–H groups in total.